The van der Waals surface area contributed by atoms with E-state index in [2.05, 4.69) is 10.1 Å². The van der Waals surface area contributed by atoms with Gasteiger partial charge in [0.2, 0.25) is 5.82 Å². The van der Waals surface area contributed by atoms with Gasteiger partial charge in [-0.05, 0) is 36.4 Å². The van der Waals surface area contributed by atoms with Crippen LogP contribution in [0.3, 0.4) is 0 Å². The predicted molar refractivity (Wildman–Crippen MR) is 90.3 cm³/mol. The maximum Gasteiger partial charge on any atom is 0.314 e. The molecule has 0 unspecified atom stereocenters. The summed E-state index contributed by atoms with van der Waals surface area (Å²) in [7, 11) is 3.01. The fourth-order valence-electron chi connectivity index (χ4n) is 2.20. The second kappa shape index (κ2) is 7.51. The normalized spacial score (nSPS) is 10.4. The lowest BCUT2D eigenvalue weighted by Crippen LogP contribution is -2.00. The minimum absolute atomic E-state index is 0.0833. The summed E-state index contributed by atoms with van der Waals surface area (Å²) in [5.74, 6) is 1.74. The fourth-order valence-corrected chi connectivity index (χ4v) is 2.20. The van der Waals surface area contributed by atoms with Gasteiger partial charge in [0.1, 0.15) is 11.5 Å². The third kappa shape index (κ3) is 3.72. The largest absolute Gasteiger partial charge is 0.497 e. The van der Waals surface area contributed by atoms with Crippen molar-refractivity contribution in [2.75, 3.05) is 14.2 Å². The molecule has 0 aliphatic heterocycles. The molecular formula is C17H15N3O6. The zero-order chi connectivity index (χ0) is 18.5. The van der Waals surface area contributed by atoms with Crippen LogP contribution in [-0.2, 0) is 6.61 Å². The van der Waals surface area contributed by atoms with Crippen molar-refractivity contribution in [1.29, 1.82) is 0 Å². The van der Waals surface area contributed by atoms with Crippen LogP contribution in [-0.4, -0.2) is 29.3 Å². The standard InChI is InChI=1S/C17H15N3O6/c1-23-12-5-3-11(4-6-12)17-18-16(26-19-17)10-25-15-8-7-13(24-2)9-14(15)20(21)22/h3-9H,10H2,1-2H3. The number of benzene rings is 2. The number of nitrogens with zero attached hydrogens (tertiary/aromatic N) is 3. The molecule has 0 bridgehead atoms. The van der Waals surface area contributed by atoms with Crippen molar-refractivity contribution in [1.82, 2.24) is 10.1 Å². The van der Waals surface area contributed by atoms with Crippen LogP contribution in [0.4, 0.5) is 5.69 Å². The van der Waals surface area contributed by atoms with Crippen LogP contribution >= 0.6 is 0 Å². The summed E-state index contributed by atoms with van der Waals surface area (Å²) in [6, 6.07) is 11.5. The lowest BCUT2D eigenvalue weighted by Gasteiger charge is -2.05. The molecule has 0 saturated carbocycles. The second-order valence-corrected chi connectivity index (χ2v) is 5.12. The molecule has 2 aromatic carbocycles. The Labute approximate surface area is 148 Å². The van der Waals surface area contributed by atoms with Crippen LogP contribution < -0.4 is 14.2 Å². The number of nitro benzene ring substituents is 1. The molecule has 9 nitrogen and oxygen atoms in total. The first-order valence-electron chi connectivity index (χ1n) is 7.53. The Bertz CT molecular complexity index is 907. The van der Waals surface area contributed by atoms with E-state index >= 15 is 0 Å². The van der Waals surface area contributed by atoms with Gasteiger partial charge in [-0.15, -0.1) is 0 Å². The summed E-state index contributed by atoms with van der Waals surface area (Å²) in [5.41, 5.74) is 0.537. The maximum atomic E-state index is 11.2. The van der Waals surface area contributed by atoms with Gasteiger partial charge in [0.15, 0.2) is 12.4 Å². The quantitative estimate of drug-likeness (QED) is 0.468. The summed E-state index contributed by atoms with van der Waals surface area (Å²) in [6.07, 6.45) is 0. The Morgan fingerprint density at radius 3 is 2.42 bits per heavy atom. The van der Waals surface area contributed by atoms with Crippen molar-refractivity contribution in [3.63, 3.8) is 0 Å². The first-order valence-corrected chi connectivity index (χ1v) is 7.53. The SMILES string of the molecule is COc1ccc(-c2noc(COc3ccc(OC)cc3[N+](=O)[O-])n2)cc1. The van der Waals surface area contributed by atoms with Gasteiger partial charge in [0, 0.05) is 5.56 Å². The molecule has 134 valence electrons. The van der Waals surface area contributed by atoms with Crippen molar-refractivity contribution >= 4 is 5.69 Å². The number of hydrogen-bond acceptors (Lipinski definition) is 8. The fraction of sp³-hybridized carbons (Fsp3) is 0.176. The molecular weight excluding hydrogens is 342 g/mol. The van der Waals surface area contributed by atoms with E-state index in [1.54, 1.807) is 37.4 Å². The summed E-state index contributed by atoms with van der Waals surface area (Å²) in [4.78, 5) is 14.8. The molecule has 0 aliphatic rings. The van der Waals surface area contributed by atoms with E-state index in [0.717, 1.165) is 5.56 Å². The van der Waals surface area contributed by atoms with Crippen molar-refractivity contribution in [2.45, 2.75) is 6.61 Å². The minimum Gasteiger partial charge on any atom is -0.497 e. The van der Waals surface area contributed by atoms with Crippen LogP contribution in [0.2, 0.25) is 0 Å². The second-order valence-electron chi connectivity index (χ2n) is 5.12. The van der Waals surface area contributed by atoms with Crippen molar-refractivity contribution in [3.8, 4) is 28.6 Å². The van der Waals surface area contributed by atoms with Crippen LogP contribution in [0, 0.1) is 10.1 Å². The Morgan fingerprint density at radius 1 is 1.08 bits per heavy atom. The van der Waals surface area contributed by atoms with Crippen LogP contribution in [0.1, 0.15) is 5.89 Å². The lowest BCUT2D eigenvalue weighted by atomic mass is 10.2. The average Bonchev–Trinajstić information content (AvgIpc) is 3.15. The molecule has 0 N–H and O–H groups in total. The van der Waals surface area contributed by atoms with Gasteiger partial charge in [-0.2, -0.15) is 4.98 Å². The molecule has 1 aromatic heterocycles. The topological polar surface area (TPSA) is 110 Å². The van der Waals surface area contributed by atoms with Crippen molar-refractivity contribution < 1.29 is 23.7 Å². The Kier molecular flexibility index (Phi) is 4.97. The van der Waals surface area contributed by atoms with Crippen LogP contribution in [0.25, 0.3) is 11.4 Å². The third-order valence-corrected chi connectivity index (χ3v) is 3.53. The van der Waals surface area contributed by atoms with Gasteiger partial charge in [0.05, 0.1) is 25.2 Å². The zero-order valence-electron chi connectivity index (χ0n) is 14.0. The molecule has 0 radical (unpaired) electrons. The van der Waals surface area contributed by atoms with Gasteiger partial charge >= 0.3 is 5.69 Å². The third-order valence-electron chi connectivity index (χ3n) is 3.53. The highest BCUT2D eigenvalue weighted by Crippen LogP contribution is 2.31. The number of methoxy groups -OCH3 is 2. The summed E-state index contributed by atoms with van der Waals surface area (Å²) < 4.78 is 20.7. The predicted octanol–water partition coefficient (Wildman–Crippen LogP) is 3.24. The van der Waals surface area contributed by atoms with Gasteiger partial charge in [-0.25, -0.2) is 0 Å². The van der Waals surface area contributed by atoms with E-state index in [1.165, 1.54) is 19.2 Å². The van der Waals surface area contributed by atoms with Crippen LogP contribution in [0.5, 0.6) is 17.2 Å². The van der Waals surface area contributed by atoms with E-state index < -0.39 is 4.92 Å². The van der Waals surface area contributed by atoms with Crippen molar-refractivity contribution in [2.24, 2.45) is 0 Å². The van der Waals surface area contributed by atoms with Gasteiger partial charge < -0.3 is 18.7 Å². The summed E-state index contributed by atoms with van der Waals surface area (Å²) >= 11 is 0. The molecule has 26 heavy (non-hydrogen) atoms. The molecule has 0 saturated heterocycles. The van der Waals surface area contributed by atoms with Gasteiger partial charge in [0.25, 0.3) is 5.89 Å². The Morgan fingerprint density at radius 2 is 1.77 bits per heavy atom. The zero-order valence-corrected chi connectivity index (χ0v) is 14.0. The monoisotopic (exact) mass is 357 g/mol. The number of hydrogen-bond donors (Lipinski definition) is 0. The van der Waals surface area contributed by atoms with Crippen molar-refractivity contribution in [3.05, 3.63) is 58.5 Å². The van der Waals surface area contributed by atoms with E-state index in [0.29, 0.717) is 17.3 Å². The lowest BCUT2D eigenvalue weighted by molar-refractivity contribution is -0.386. The van der Waals surface area contributed by atoms with Gasteiger partial charge in [-0.1, -0.05) is 5.16 Å². The van der Waals surface area contributed by atoms with E-state index in [1.807, 2.05) is 0 Å². The number of aromatic nitrogens is 2. The minimum atomic E-state index is -0.547. The van der Waals surface area contributed by atoms with E-state index in [9.17, 15) is 10.1 Å². The molecule has 9 heteroatoms. The smallest absolute Gasteiger partial charge is 0.314 e. The van der Waals surface area contributed by atoms with E-state index in [-0.39, 0.29) is 23.9 Å². The number of ether oxygens (including phenoxy) is 3. The Hall–Kier alpha value is -3.62. The average molecular weight is 357 g/mol. The summed E-state index contributed by atoms with van der Waals surface area (Å²) in [5, 5.41) is 15.0. The molecule has 0 amide bonds. The molecule has 1 heterocycles. The maximum absolute atomic E-state index is 11.2. The molecule has 3 aromatic rings. The molecule has 0 aliphatic carbocycles. The molecule has 3 rings (SSSR count). The Balaban J connectivity index is 1.73. The summed E-state index contributed by atoms with van der Waals surface area (Å²) in [6.45, 7) is -0.101. The highest BCUT2D eigenvalue weighted by Gasteiger charge is 2.18. The van der Waals surface area contributed by atoms with E-state index in [4.69, 9.17) is 18.7 Å². The van der Waals surface area contributed by atoms with Gasteiger partial charge in [-0.3, -0.25) is 10.1 Å². The molecule has 0 atom stereocenters. The van der Waals surface area contributed by atoms with Crippen LogP contribution in [0.15, 0.2) is 47.0 Å². The number of nitro groups is 1. The molecule has 0 fully saturated rings. The highest BCUT2D eigenvalue weighted by atomic mass is 16.6. The number of rotatable bonds is 7. The highest BCUT2D eigenvalue weighted by molar-refractivity contribution is 5.55. The first-order chi connectivity index (χ1) is 12.6. The first kappa shape index (κ1) is 17.2. The molecule has 0 spiro atoms.